The predicted molar refractivity (Wildman–Crippen MR) is 60.6 cm³/mol. The van der Waals surface area contributed by atoms with Crippen molar-refractivity contribution >= 4 is 6.21 Å². The molecule has 0 aromatic heterocycles. The molecule has 14 heavy (non-hydrogen) atoms. The molecular formula is C10H20N4. The second-order valence-electron chi connectivity index (χ2n) is 3.70. The molecule has 5 N–H and O–H groups in total. The van der Waals surface area contributed by atoms with Crippen LogP contribution in [0.3, 0.4) is 0 Å². The number of hydrogen-bond acceptors (Lipinski definition) is 4. The normalized spacial score (nSPS) is 13.4. The molecule has 0 fully saturated rings. The van der Waals surface area contributed by atoms with Crippen LogP contribution in [0.5, 0.6) is 0 Å². The summed E-state index contributed by atoms with van der Waals surface area (Å²) in [6, 6.07) is 0. The lowest BCUT2D eigenvalue weighted by molar-refractivity contribution is 0.176. The van der Waals surface area contributed by atoms with Gasteiger partial charge in [0, 0.05) is 12.1 Å². The van der Waals surface area contributed by atoms with Crippen LogP contribution in [0.25, 0.3) is 0 Å². The van der Waals surface area contributed by atoms with Crippen molar-refractivity contribution in [3.8, 4) is 0 Å². The maximum atomic E-state index is 6.82. The molecule has 0 amide bonds. The van der Waals surface area contributed by atoms with E-state index in [4.69, 9.17) is 17.0 Å². The van der Waals surface area contributed by atoms with Crippen molar-refractivity contribution < 1.29 is 0 Å². The zero-order valence-electron chi connectivity index (χ0n) is 9.12. The first kappa shape index (κ1) is 12.9. The minimum Gasteiger partial charge on any atom is -0.313 e. The number of nitrogens with one attached hydrogen (secondary N) is 1. The van der Waals surface area contributed by atoms with Gasteiger partial charge >= 0.3 is 0 Å². The summed E-state index contributed by atoms with van der Waals surface area (Å²) in [5.74, 6) is 5.77. The van der Waals surface area contributed by atoms with Crippen LogP contribution in [-0.2, 0) is 0 Å². The van der Waals surface area contributed by atoms with E-state index in [1.165, 1.54) is 11.2 Å². The van der Waals surface area contributed by atoms with Crippen molar-refractivity contribution in [3.63, 3.8) is 0 Å². The van der Waals surface area contributed by atoms with Gasteiger partial charge in [0.1, 0.15) is 0 Å². The Morgan fingerprint density at radius 3 is 2.50 bits per heavy atom. The molecule has 0 aromatic rings. The Morgan fingerprint density at radius 2 is 2.07 bits per heavy atom. The summed E-state index contributed by atoms with van der Waals surface area (Å²) < 4.78 is 0. The van der Waals surface area contributed by atoms with Crippen molar-refractivity contribution in [1.29, 1.82) is 5.41 Å². The maximum absolute atomic E-state index is 6.82. The first-order chi connectivity index (χ1) is 6.39. The fourth-order valence-corrected chi connectivity index (χ4v) is 0.889. The summed E-state index contributed by atoms with van der Waals surface area (Å²) >= 11 is 0. The van der Waals surface area contributed by atoms with E-state index >= 15 is 0 Å². The van der Waals surface area contributed by atoms with Gasteiger partial charge in [0.25, 0.3) is 0 Å². The fourth-order valence-electron chi connectivity index (χ4n) is 0.889. The van der Waals surface area contributed by atoms with E-state index in [9.17, 15) is 0 Å². The standard InChI is InChI=1S/C10H20N4/c1-9(7-5-4-6-8-11)14(13)10(2,3)12/h4-5,7-8,11H,6,12-13H2,1-3H3/b5-4+,9-7+,11-8?. The third-order valence-corrected chi connectivity index (χ3v) is 1.73. The van der Waals surface area contributed by atoms with Crippen LogP contribution in [0, 0.1) is 5.41 Å². The second kappa shape index (κ2) is 5.57. The summed E-state index contributed by atoms with van der Waals surface area (Å²) in [4.78, 5) is 0. The van der Waals surface area contributed by atoms with Crippen molar-refractivity contribution in [2.24, 2.45) is 11.6 Å². The molecule has 0 bridgehead atoms. The first-order valence-electron chi connectivity index (χ1n) is 4.55. The van der Waals surface area contributed by atoms with E-state index in [1.807, 2.05) is 39.0 Å². The van der Waals surface area contributed by atoms with Gasteiger partial charge < -0.3 is 11.1 Å². The van der Waals surface area contributed by atoms with E-state index in [0.717, 1.165) is 5.70 Å². The molecule has 0 atom stereocenters. The smallest absolute Gasteiger partial charge is 0.0970 e. The zero-order valence-corrected chi connectivity index (χ0v) is 9.12. The predicted octanol–water partition coefficient (Wildman–Crippen LogP) is 1.36. The summed E-state index contributed by atoms with van der Waals surface area (Å²) in [5, 5.41) is 8.34. The average Bonchev–Trinajstić information content (AvgIpc) is 2.09. The van der Waals surface area contributed by atoms with E-state index in [2.05, 4.69) is 0 Å². The summed E-state index contributed by atoms with van der Waals surface area (Å²) in [5.41, 5.74) is 6.14. The van der Waals surface area contributed by atoms with Gasteiger partial charge in [0.15, 0.2) is 0 Å². The largest absolute Gasteiger partial charge is 0.313 e. The third kappa shape index (κ3) is 4.79. The highest BCUT2D eigenvalue weighted by atomic mass is 15.5. The van der Waals surface area contributed by atoms with E-state index < -0.39 is 5.66 Å². The molecule has 0 saturated carbocycles. The van der Waals surface area contributed by atoms with Crippen LogP contribution < -0.4 is 11.6 Å². The Balaban J connectivity index is 4.31. The Labute approximate surface area is 85.7 Å². The molecule has 0 unspecified atom stereocenters. The molecular weight excluding hydrogens is 176 g/mol. The zero-order chi connectivity index (χ0) is 11.2. The van der Waals surface area contributed by atoms with Crippen molar-refractivity contribution in [2.45, 2.75) is 32.9 Å². The van der Waals surface area contributed by atoms with Gasteiger partial charge in [-0.3, -0.25) is 5.01 Å². The minimum absolute atomic E-state index is 0.560. The van der Waals surface area contributed by atoms with Crippen molar-refractivity contribution in [1.82, 2.24) is 5.01 Å². The van der Waals surface area contributed by atoms with Crippen LogP contribution in [0.2, 0.25) is 0 Å². The molecule has 0 radical (unpaired) electrons. The monoisotopic (exact) mass is 196 g/mol. The molecule has 4 heteroatoms. The molecule has 0 spiro atoms. The maximum Gasteiger partial charge on any atom is 0.0970 e. The third-order valence-electron chi connectivity index (χ3n) is 1.73. The van der Waals surface area contributed by atoms with Crippen molar-refractivity contribution in [2.75, 3.05) is 0 Å². The molecule has 0 aliphatic carbocycles. The Kier molecular flexibility index (Phi) is 5.12. The lowest BCUT2D eigenvalue weighted by atomic mass is 10.2. The van der Waals surface area contributed by atoms with Gasteiger partial charge in [-0.25, -0.2) is 5.84 Å². The number of rotatable bonds is 5. The summed E-state index contributed by atoms with van der Waals surface area (Å²) in [6.07, 6.45) is 7.60. The van der Waals surface area contributed by atoms with Crippen LogP contribution >= 0.6 is 0 Å². The fraction of sp³-hybridized carbons (Fsp3) is 0.500. The van der Waals surface area contributed by atoms with E-state index in [-0.39, 0.29) is 0 Å². The Hall–Kier alpha value is -1.13. The molecule has 80 valence electrons. The van der Waals surface area contributed by atoms with Gasteiger partial charge in [-0.05, 0) is 33.1 Å². The van der Waals surface area contributed by atoms with Gasteiger partial charge in [0.2, 0.25) is 0 Å². The van der Waals surface area contributed by atoms with Gasteiger partial charge in [-0.2, -0.15) is 0 Å². The average molecular weight is 196 g/mol. The van der Waals surface area contributed by atoms with Crippen LogP contribution in [0.4, 0.5) is 0 Å². The van der Waals surface area contributed by atoms with Gasteiger partial charge in [-0.1, -0.05) is 12.2 Å². The SMILES string of the molecule is C/C(=C\C=C\CC=N)N(N)C(C)(C)N. The number of nitrogens with zero attached hydrogens (tertiary/aromatic N) is 1. The quantitative estimate of drug-likeness (QED) is 0.204. The number of allylic oxidation sites excluding steroid dienone is 4. The Morgan fingerprint density at radius 1 is 1.50 bits per heavy atom. The van der Waals surface area contributed by atoms with E-state index in [1.54, 1.807) is 0 Å². The molecule has 0 rings (SSSR count). The first-order valence-corrected chi connectivity index (χ1v) is 4.55. The number of hydrazine groups is 1. The summed E-state index contributed by atoms with van der Waals surface area (Å²) in [6.45, 7) is 5.57. The topological polar surface area (TPSA) is 79.1 Å². The summed E-state index contributed by atoms with van der Waals surface area (Å²) in [7, 11) is 0. The Bertz CT molecular complexity index is 235. The highest BCUT2D eigenvalue weighted by Crippen LogP contribution is 2.08. The van der Waals surface area contributed by atoms with Crippen molar-refractivity contribution in [3.05, 3.63) is 23.9 Å². The molecule has 0 heterocycles. The number of hydrogen-bond donors (Lipinski definition) is 3. The molecule has 0 saturated heterocycles. The molecule has 0 aliphatic rings. The highest BCUT2D eigenvalue weighted by molar-refractivity contribution is 5.55. The van der Waals surface area contributed by atoms with Crippen LogP contribution in [0.1, 0.15) is 27.2 Å². The highest BCUT2D eigenvalue weighted by Gasteiger charge is 2.17. The molecule has 0 aliphatic heterocycles. The second-order valence-corrected chi connectivity index (χ2v) is 3.70. The van der Waals surface area contributed by atoms with Gasteiger partial charge in [0.05, 0.1) is 5.66 Å². The number of nitrogens with two attached hydrogens (primary N) is 2. The van der Waals surface area contributed by atoms with Gasteiger partial charge in [-0.15, -0.1) is 0 Å². The molecule has 4 nitrogen and oxygen atoms in total. The van der Waals surface area contributed by atoms with Crippen LogP contribution in [0.15, 0.2) is 23.9 Å². The molecule has 0 aromatic carbocycles. The lowest BCUT2D eigenvalue weighted by Gasteiger charge is -2.33. The van der Waals surface area contributed by atoms with Crippen LogP contribution in [-0.4, -0.2) is 16.9 Å². The lowest BCUT2D eigenvalue weighted by Crippen LogP contribution is -2.53. The minimum atomic E-state index is -0.560. The van der Waals surface area contributed by atoms with E-state index in [0.29, 0.717) is 6.42 Å².